The maximum atomic E-state index is 13.8. The molecule has 1 aromatic heterocycles. The van der Waals surface area contributed by atoms with Gasteiger partial charge in [0.2, 0.25) is 5.88 Å². The molecule has 156 valence electrons. The molecule has 7 heteroatoms. The van der Waals surface area contributed by atoms with Gasteiger partial charge in [0.1, 0.15) is 5.82 Å². The number of aromatic nitrogens is 1. The molecule has 2 saturated heterocycles. The monoisotopic (exact) mass is 416 g/mol. The highest BCUT2D eigenvalue weighted by atomic mass is 32.2. The van der Waals surface area contributed by atoms with Gasteiger partial charge in [-0.05, 0) is 57.9 Å². The van der Waals surface area contributed by atoms with Gasteiger partial charge in [0.25, 0.3) is 0 Å². The predicted molar refractivity (Wildman–Crippen MR) is 116 cm³/mol. The van der Waals surface area contributed by atoms with Crippen LogP contribution < -0.4 is 13.8 Å². The van der Waals surface area contributed by atoms with Crippen LogP contribution in [0.5, 0.6) is 5.88 Å². The molecule has 0 amide bonds. The van der Waals surface area contributed by atoms with E-state index >= 15 is 0 Å². The molecule has 1 N–H and O–H groups in total. The summed E-state index contributed by atoms with van der Waals surface area (Å²) < 4.78 is 25.2. The summed E-state index contributed by atoms with van der Waals surface area (Å²) in [7, 11) is 0. The molecule has 2 aliphatic rings. The summed E-state index contributed by atoms with van der Waals surface area (Å²) >= 11 is 1.59. The molecule has 5 nitrogen and oxygen atoms in total. The summed E-state index contributed by atoms with van der Waals surface area (Å²) in [5.74, 6) is 0.498. The van der Waals surface area contributed by atoms with Crippen molar-refractivity contribution in [3.8, 4) is 5.88 Å². The Morgan fingerprint density at radius 1 is 1.31 bits per heavy atom. The number of piperidine rings is 1. The lowest BCUT2D eigenvalue weighted by atomic mass is 9.83. The number of nitrogens with zero attached hydrogens (tertiary/aromatic N) is 3. The van der Waals surface area contributed by atoms with Crippen molar-refractivity contribution in [2.45, 2.75) is 57.8 Å². The van der Waals surface area contributed by atoms with Crippen molar-refractivity contribution in [3.05, 3.63) is 54.0 Å². The molecule has 2 aromatic rings. The Morgan fingerprint density at radius 3 is 2.90 bits per heavy atom. The molecule has 0 bridgehead atoms. The molecule has 0 aliphatic carbocycles. The van der Waals surface area contributed by atoms with E-state index < -0.39 is 0 Å². The van der Waals surface area contributed by atoms with Crippen molar-refractivity contribution in [2.75, 3.05) is 17.4 Å². The van der Waals surface area contributed by atoms with E-state index in [1.807, 2.05) is 32.0 Å². The molecular formula is C22H29FN4OS. The smallest absolute Gasteiger partial charge is 0.213 e. The van der Waals surface area contributed by atoms with Gasteiger partial charge in [-0.2, -0.15) is 0 Å². The predicted octanol–water partition coefficient (Wildman–Crippen LogP) is 4.40. The fourth-order valence-corrected chi connectivity index (χ4v) is 5.43. The Bertz CT molecular complexity index is 851. The van der Waals surface area contributed by atoms with Crippen LogP contribution in [-0.4, -0.2) is 40.7 Å². The minimum atomic E-state index is -0.190. The van der Waals surface area contributed by atoms with E-state index in [1.165, 1.54) is 6.07 Å². The molecule has 1 spiro atoms. The van der Waals surface area contributed by atoms with Crippen LogP contribution in [0.2, 0.25) is 0 Å². The molecule has 2 fully saturated rings. The average Bonchev–Trinajstić information content (AvgIpc) is 3.07. The number of rotatable bonds is 5. The Labute approximate surface area is 176 Å². The van der Waals surface area contributed by atoms with Crippen LogP contribution in [0, 0.1) is 5.82 Å². The average molecular weight is 417 g/mol. The van der Waals surface area contributed by atoms with E-state index in [0.717, 1.165) is 43.9 Å². The van der Waals surface area contributed by atoms with E-state index in [-0.39, 0.29) is 17.5 Å². The summed E-state index contributed by atoms with van der Waals surface area (Å²) in [6.07, 6.45) is 2.16. The summed E-state index contributed by atoms with van der Waals surface area (Å²) in [6.45, 7) is 9.00. The topological polar surface area (TPSA) is 40.6 Å². The summed E-state index contributed by atoms with van der Waals surface area (Å²) in [5, 5.41) is 0. The molecule has 3 heterocycles. The molecular weight excluding hydrogens is 387 g/mol. The zero-order valence-electron chi connectivity index (χ0n) is 17.3. The van der Waals surface area contributed by atoms with Crippen LogP contribution in [0.25, 0.3) is 0 Å². The van der Waals surface area contributed by atoms with E-state index in [2.05, 4.69) is 31.9 Å². The summed E-state index contributed by atoms with van der Waals surface area (Å²) in [5.41, 5.74) is 1.97. The highest BCUT2D eigenvalue weighted by Crippen LogP contribution is 2.43. The third kappa shape index (κ3) is 4.52. The highest BCUT2D eigenvalue weighted by molar-refractivity contribution is 7.99. The van der Waals surface area contributed by atoms with Gasteiger partial charge in [0.15, 0.2) is 0 Å². The van der Waals surface area contributed by atoms with Gasteiger partial charge < -0.3 is 4.74 Å². The van der Waals surface area contributed by atoms with E-state index in [9.17, 15) is 4.39 Å². The first kappa shape index (κ1) is 20.4. The van der Waals surface area contributed by atoms with Crippen molar-refractivity contribution in [1.82, 2.24) is 14.6 Å². The van der Waals surface area contributed by atoms with Gasteiger partial charge in [0, 0.05) is 43.9 Å². The zero-order valence-corrected chi connectivity index (χ0v) is 18.1. The third-order valence-corrected chi connectivity index (χ3v) is 6.75. The maximum absolute atomic E-state index is 13.8. The molecule has 0 unspecified atom stereocenters. The van der Waals surface area contributed by atoms with Gasteiger partial charge >= 0.3 is 0 Å². The lowest BCUT2D eigenvalue weighted by Crippen LogP contribution is -2.56. The van der Waals surface area contributed by atoms with E-state index in [0.29, 0.717) is 11.9 Å². The number of pyridine rings is 1. The molecule has 4 rings (SSSR count). The Kier molecular flexibility index (Phi) is 5.99. The number of hydrogen-bond acceptors (Lipinski definition) is 6. The standard InChI is InChI=1S/C22H29FN4OS/c1-16(2)28-21-9-5-7-19(25-21)14-26-11-10-22(13-17(26)3)15-24-29-27(22)20-8-4-6-18(23)12-20/h4-9,12,16-17,24H,10-11,13-15H2,1-3H3/t17-,22+/m0/s1. The molecule has 1 aromatic carbocycles. The second-order valence-electron chi connectivity index (χ2n) is 8.32. The minimum absolute atomic E-state index is 0.00437. The molecule has 0 saturated carbocycles. The van der Waals surface area contributed by atoms with Crippen molar-refractivity contribution in [1.29, 1.82) is 0 Å². The lowest BCUT2D eigenvalue weighted by molar-refractivity contribution is 0.105. The molecule has 2 atom stereocenters. The van der Waals surface area contributed by atoms with Crippen LogP contribution in [0.4, 0.5) is 10.1 Å². The molecule has 0 radical (unpaired) electrons. The van der Waals surface area contributed by atoms with Crippen molar-refractivity contribution < 1.29 is 9.13 Å². The van der Waals surface area contributed by atoms with E-state index in [1.54, 1.807) is 24.3 Å². The van der Waals surface area contributed by atoms with Gasteiger partial charge in [-0.3, -0.25) is 9.21 Å². The molecule has 2 aliphatic heterocycles. The number of benzene rings is 1. The highest BCUT2D eigenvalue weighted by Gasteiger charge is 2.46. The van der Waals surface area contributed by atoms with Gasteiger partial charge in [-0.1, -0.05) is 12.1 Å². The lowest BCUT2D eigenvalue weighted by Gasteiger charge is -2.47. The van der Waals surface area contributed by atoms with Crippen LogP contribution >= 0.6 is 12.1 Å². The summed E-state index contributed by atoms with van der Waals surface area (Å²) in [6, 6.07) is 13.3. The molecule has 29 heavy (non-hydrogen) atoms. The quantitative estimate of drug-likeness (QED) is 0.729. The second kappa shape index (κ2) is 8.50. The number of nitrogens with one attached hydrogen (secondary N) is 1. The van der Waals surface area contributed by atoms with Crippen LogP contribution in [0.1, 0.15) is 39.3 Å². The largest absolute Gasteiger partial charge is 0.475 e. The number of ether oxygens (including phenoxy) is 1. The summed E-state index contributed by atoms with van der Waals surface area (Å²) in [4.78, 5) is 7.16. The Morgan fingerprint density at radius 2 is 2.14 bits per heavy atom. The van der Waals surface area contributed by atoms with Gasteiger partial charge in [0.05, 0.1) is 23.0 Å². The number of halogens is 1. The van der Waals surface area contributed by atoms with Gasteiger partial charge in [-0.25, -0.2) is 14.1 Å². The van der Waals surface area contributed by atoms with Crippen LogP contribution in [0.15, 0.2) is 42.5 Å². The zero-order chi connectivity index (χ0) is 20.4. The fourth-order valence-electron chi connectivity index (χ4n) is 4.32. The number of hydrogen-bond donors (Lipinski definition) is 1. The van der Waals surface area contributed by atoms with Crippen molar-refractivity contribution >= 4 is 17.8 Å². The first-order chi connectivity index (χ1) is 13.9. The van der Waals surface area contributed by atoms with Crippen LogP contribution in [-0.2, 0) is 6.54 Å². The van der Waals surface area contributed by atoms with Crippen molar-refractivity contribution in [2.24, 2.45) is 0 Å². The first-order valence-corrected chi connectivity index (χ1v) is 11.0. The Hall–Kier alpha value is -1.83. The van der Waals surface area contributed by atoms with Crippen molar-refractivity contribution in [3.63, 3.8) is 0 Å². The van der Waals surface area contributed by atoms with Gasteiger partial charge in [-0.15, -0.1) is 0 Å². The Balaban J connectivity index is 1.45. The van der Waals surface area contributed by atoms with E-state index in [4.69, 9.17) is 4.74 Å². The normalized spacial score (nSPS) is 25.1. The van der Waals surface area contributed by atoms with Crippen LogP contribution in [0.3, 0.4) is 0 Å². The third-order valence-electron chi connectivity index (χ3n) is 5.70. The fraction of sp³-hybridized carbons (Fsp3) is 0.500. The minimum Gasteiger partial charge on any atom is -0.475 e. The second-order valence-corrected chi connectivity index (χ2v) is 9.15. The SMILES string of the molecule is CC(C)Oc1cccc(CN2CC[C@]3(CNSN3c3cccc(F)c3)C[C@@H]2C)n1. The first-order valence-electron chi connectivity index (χ1n) is 10.3. The maximum Gasteiger partial charge on any atom is 0.213 e. The number of anilines is 1. The number of likely N-dealkylation sites (tertiary alicyclic amines) is 1.